The minimum absolute atomic E-state index is 0. The largest absolute Gasteiger partial charge is 1.00 e. The Kier molecular flexibility index (Phi) is 37.8. The number of methoxy groups -OCH3 is 2. The van der Waals surface area contributed by atoms with Crippen molar-refractivity contribution in [3.8, 4) is 0 Å². The summed E-state index contributed by atoms with van der Waals surface area (Å²) in [7, 11) is 2.65. The summed E-state index contributed by atoms with van der Waals surface area (Å²) in [5.41, 5.74) is 3.31. The second kappa shape index (κ2) is 40.6. The van der Waals surface area contributed by atoms with Crippen LogP contribution in [-0.2, 0) is 61.3 Å². The third-order valence-electron chi connectivity index (χ3n) is 12.9. The zero-order valence-corrected chi connectivity index (χ0v) is 52.6. The number of rotatable bonds is 12. The van der Waals surface area contributed by atoms with Gasteiger partial charge in [0.1, 0.15) is 58.2 Å². The molecule has 0 saturated carbocycles. The average Bonchev–Trinajstić information content (AvgIpc) is 2.04. The molecular weight excluding hydrogens is 1240 g/mol. The number of carbonyl (C=O) groups excluding carboxylic acids is 3. The fraction of sp³-hybridized carbons (Fsp3) is 0.354. The first-order chi connectivity index (χ1) is 39.2. The smallest absolute Gasteiger partial charge is 0.870 e. The zero-order valence-electron chi connectivity index (χ0n) is 48.3. The second-order valence-electron chi connectivity index (χ2n) is 20.2. The van der Waals surface area contributed by atoms with E-state index in [1.54, 1.807) is 26.8 Å². The van der Waals surface area contributed by atoms with Crippen LogP contribution in [0.2, 0.25) is 5.02 Å². The maximum atomic E-state index is 14.2. The maximum absolute atomic E-state index is 14.2. The third kappa shape index (κ3) is 27.5. The molecule has 464 valence electrons. The summed E-state index contributed by atoms with van der Waals surface area (Å²) in [6, 6.07) is 22.1. The first-order valence-corrected chi connectivity index (χ1v) is 27.8. The molecule has 8 nitrogen and oxygen atoms in total. The Morgan fingerprint density at radius 3 is 1.52 bits per heavy atom. The molecule has 6 aromatic rings. The maximum Gasteiger partial charge on any atom is 1.00 e. The van der Waals surface area contributed by atoms with Crippen LogP contribution in [0.1, 0.15) is 123 Å². The van der Waals surface area contributed by atoms with E-state index in [0.29, 0.717) is 58.6 Å². The van der Waals surface area contributed by atoms with Crippen LogP contribution >= 0.6 is 27.5 Å². The van der Waals surface area contributed by atoms with E-state index in [1.165, 1.54) is 38.5 Å². The van der Waals surface area contributed by atoms with Gasteiger partial charge in [0, 0.05) is 46.8 Å². The number of ketones is 1. The topological polar surface area (TPSA) is 137 Å². The van der Waals surface area contributed by atoms with Gasteiger partial charge in [0.15, 0.2) is 5.78 Å². The first kappa shape index (κ1) is 80.2. The summed E-state index contributed by atoms with van der Waals surface area (Å²) in [5, 5.41) is 9.55. The van der Waals surface area contributed by atoms with Gasteiger partial charge in [0.2, 0.25) is 0 Å². The molecule has 8 rings (SSSR count). The minimum atomic E-state index is -0.931. The Hall–Kier alpha value is -5.83. The number of Topliss-reactive ketones (excluding diaryl/α,β-unsaturated/α-hetero) is 1. The van der Waals surface area contributed by atoms with Gasteiger partial charge in [-0.3, -0.25) is 14.4 Å². The molecule has 0 aromatic heterocycles. The molecular formula is C65H71BrClF10NaO8. The Balaban J connectivity index is 0.00000103. The molecule has 5 unspecified atom stereocenters. The van der Waals surface area contributed by atoms with E-state index in [1.807, 2.05) is 31.2 Å². The van der Waals surface area contributed by atoms with E-state index in [2.05, 4.69) is 32.3 Å². The predicted molar refractivity (Wildman–Crippen MR) is 312 cm³/mol. The number of carbonyl (C=O) groups is 4. The molecule has 0 saturated heterocycles. The number of esters is 2. The first-order valence-electron chi connectivity index (χ1n) is 26.3. The number of fused-ring (bicyclic) bond motifs is 2. The van der Waals surface area contributed by atoms with E-state index in [9.17, 15) is 63.1 Å². The Morgan fingerprint density at radius 1 is 0.628 bits per heavy atom. The van der Waals surface area contributed by atoms with Crippen LogP contribution in [0.25, 0.3) is 0 Å². The SMILES string of the molecule is C.C/C=C/C(=O)OC.CC(CC(=O)O)Cc1cc(F)ccc1F.CC1CC(=O)c2c(F)ccc(F)c2C1.CC1Cc2c(F)ccc(F)c2C(Cc2ccc(Cl)cc2)C1.COC(=O)CC(C)Cc1cc(F)ccc1F.Fc1ccc(F)c(CBr)c1.[Na+].[OH-]. The molecule has 0 aliphatic heterocycles. The van der Waals surface area contributed by atoms with E-state index in [4.69, 9.17) is 16.7 Å². The monoisotopic (exact) mass is 1310 g/mol. The van der Waals surface area contributed by atoms with Gasteiger partial charge in [-0.05, 0) is 194 Å². The van der Waals surface area contributed by atoms with Crippen LogP contribution in [0.5, 0.6) is 0 Å². The number of benzene rings is 6. The van der Waals surface area contributed by atoms with Gasteiger partial charge < -0.3 is 20.1 Å². The van der Waals surface area contributed by atoms with Gasteiger partial charge in [0.05, 0.1) is 19.8 Å². The fourth-order valence-corrected chi connectivity index (χ4v) is 9.68. The van der Waals surface area contributed by atoms with Crippen molar-refractivity contribution in [3.05, 3.63) is 223 Å². The summed E-state index contributed by atoms with van der Waals surface area (Å²) < 4.78 is 140. The fourth-order valence-electron chi connectivity index (χ4n) is 9.13. The van der Waals surface area contributed by atoms with Gasteiger partial charge in [-0.1, -0.05) is 80.9 Å². The Labute approximate surface area is 532 Å². The number of allylic oxidation sites excluding steroid dienone is 1. The molecule has 86 heavy (non-hydrogen) atoms. The van der Waals surface area contributed by atoms with E-state index >= 15 is 0 Å². The van der Waals surface area contributed by atoms with Crippen molar-refractivity contribution in [2.75, 3.05) is 14.2 Å². The molecule has 6 aromatic carbocycles. The number of halogens is 12. The van der Waals surface area contributed by atoms with Crippen molar-refractivity contribution in [1.29, 1.82) is 0 Å². The average molecular weight is 1310 g/mol. The number of carboxylic acid groups (broad SMARTS) is 1. The number of aliphatic carboxylic acids is 1. The number of alkyl halides is 1. The minimum Gasteiger partial charge on any atom is -0.870 e. The van der Waals surface area contributed by atoms with Gasteiger partial charge in [-0.15, -0.1) is 0 Å². The van der Waals surface area contributed by atoms with Gasteiger partial charge >= 0.3 is 47.5 Å². The van der Waals surface area contributed by atoms with Gasteiger partial charge in [-0.25, -0.2) is 48.7 Å². The summed E-state index contributed by atoms with van der Waals surface area (Å²) in [6.45, 7) is 9.21. The molecule has 0 radical (unpaired) electrons. The van der Waals surface area contributed by atoms with E-state index in [0.717, 1.165) is 79.1 Å². The number of carboxylic acids is 1. The second-order valence-corrected chi connectivity index (χ2v) is 21.2. The molecule has 0 amide bonds. The van der Waals surface area contributed by atoms with Crippen molar-refractivity contribution >= 4 is 51.2 Å². The summed E-state index contributed by atoms with van der Waals surface area (Å²) in [6.07, 6.45) is 6.68. The Bertz CT molecular complexity index is 3150. The number of ether oxygens (including phenoxy) is 2. The quantitative estimate of drug-likeness (QED) is 0.0420. The van der Waals surface area contributed by atoms with E-state index in [-0.39, 0.29) is 143 Å². The zero-order chi connectivity index (χ0) is 62.1. The molecule has 2 aliphatic carbocycles. The van der Waals surface area contributed by atoms with Crippen LogP contribution in [0.15, 0.2) is 115 Å². The van der Waals surface area contributed by atoms with Gasteiger partial charge in [-0.2, -0.15) is 0 Å². The predicted octanol–water partition coefficient (Wildman–Crippen LogP) is 14.6. The molecule has 0 heterocycles. The molecule has 2 N–H and O–H groups in total. The molecule has 2 aliphatic rings. The van der Waals surface area contributed by atoms with E-state index < -0.39 is 46.7 Å². The number of hydrogen-bond acceptors (Lipinski definition) is 7. The number of hydrogen-bond donors (Lipinski definition) is 1. The van der Waals surface area contributed by atoms with Crippen molar-refractivity contribution in [1.82, 2.24) is 0 Å². The van der Waals surface area contributed by atoms with Crippen LogP contribution < -0.4 is 29.6 Å². The molecule has 0 spiro atoms. The summed E-state index contributed by atoms with van der Waals surface area (Å²) >= 11 is 8.93. The van der Waals surface area contributed by atoms with Gasteiger partial charge in [0.25, 0.3) is 0 Å². The van der Waals surface area contributed by atoms with Crippen molar-refractivity contribution in [2.24, 2.45) is 23.7 Å². The summed E-state index contributed by atoms with van der Waals surface area (Å²) in [4.78, 5) is 42.9. The molecule has 0 bridgehead atoms. The van der Waals surface area contributed by atoms with Crippen LogP contribution in [-0.4, -0.2) is 48.5 Å². The van der Waals surface area contributed by atoms with Crippen molar-refractivity contribution in [3.63, 3.8) is 0 Å². The van der Waals surface area contributed by atoms with Crippen LogP contribution in [0.4, 0.5) is 43.9 Å². The van der Waals surface area contributed by atoms with Crippen molar-refractivity contribution in [2.45, 2.75) is 111 Å². The molecule has 21 heteroatoms. The normalized spacial score (nSPS) is 14.9. The van der Waals surface area contributed by atoms with Crippen molar-refractivity contribution < 1.29 is 113 Å². The van der Waals surface area contributed by atoms with Crippen LogP contribution in [0.3, 0.4) is 0 Å². The Morgan fingerprint density at radius 2 is 1.07 bits per heavy atom. The van der Waals surface area contributed by atoms with Crippen LogP contribution in [0, 0.1) is 81.8 Å². The molecule has 5 atom stereocenters. The molecule has 0 fully saturated rings. The standard InChI is InChI=1S/C18H17ClF2.C12H14F2O2.C11H12F2O2.C11H10F2O.C7H5BrF2.C5H8O2.CH4.Na.H2O/c1-11-8-13(10-12-2-4-14(19)5-3-12)18-15(9-11)16(20)6-7-17(18)21;1-8(6-12(15)16-2)5-9-7-10(13)3-4-11(9)14;1-7(5-11(14)15)4-8-6-9(12)2-3-10(8)13;1-6-4-7-8(12)2-3-9(13)11(7)10(14)5-6;8-4-5-3-6(9)1-2-7(5)10;1-3-4-5(6)7-2;;;/h2-7,11,13H,8-10H2,1H3;3-4,7-8H,5-6H2,1-2H3;2-3,6-7H,4-5H2,1H3,(H,14,15);2-3,6H,4-5H2,1H3;1-3H,4H2;3-4H,1-2H3;1H4;;1H2/q;;;;;;;+1;/p-1/b;;;;;4-3+;;;. The third-order valence-corrected chi connectivity index (χ3v) is 13.8. The summed E-state index contributed by atoms with van der Waals surface area (Å²) in [5.74, 6) is -5.98.